The molecular weight excluding hydrogens is 360 g/mol. The molecule has 6 heteroatoms. The molecule has 0 bridgehead atoms. The predicted octanol–water partition coefficient (Wildman–Crippen LogP) is 0.905. The molecule has 28 heavy (non-hydrogen) atoms. The van der Waals surface area contributed by atoms with E-state index in [-0.39, 0.29) is 5.75 Å². The van der Waals surface area contributed by atoms with Gasteiger partial charge in [-0.15, -0.1) is 0 Å². The molecule has 0 amide bonds. The second-order valence-electron chi connectivity index (χ2n) is 7.87. The molecule has 2 aromatic rings. The first kappa shape index (κ1) is 19.4. The molecule has 0 unspecified atom stereocenters. The van der Waals surface area contributed by atoms with Gasteiger partial charge in [0.25, 0.3) is 0 Å². The van der Waals surface area contributed by atoms with Crippen LogP contribution in [0.15, 0.2) is 30.3 Å². The van der Waals surface area contributed by atoms with Crippen LogP contribution in [0.5, 0.6) is 5.75 Å². The van der Waals surface area contributed by atoms with Crippen molar-refractivity contribution in [2.45, 2.75) is 56.7 Å². The van der Waals surface area contributed by atoms with E-state index in [4.69, 9.17) is 4.74 Å². The van der Waals surface area contributed by atoms with E-state index in [1.165, 1.54) is 16.7 Å². The summed E-state index contributed by atoms with van der Waals surface area (Å²) in [4.78, 5) is 0. The van der Waals surface area contributed by atoms with Crippen molar-refractivity contribution >= 4 is 0 Å². The van der Waals surface area contributed by atoms with Gasteiger partial charge in [-0.3, -0.25) is 0 Å². The smallest absolute Gasteiger partial charge is 0.121 e. The maximum atomic E-state index is 10.5. The highest BCUT2D eigenvalue weighted by molar-refractivity contribution is 5.46. The van der Waals surface area contributed by atoms with Crippen molar-refractivity contribution in [3.05, 3.63) is 63.7 Å². The molecule has 0 saturated carbocycles. The number of aromatic hydroxyl groups is 1. The molecule has 4 rings (SSSR count). The van der Waals surface area contributed by atoms with Gasteiger partial charge in [-0.25, -0.2) is 0 Å². The number of phenolic OH excluding ortho intramolecular Hbond substituents is 1. The highest BCUT2D eigenvalue weighted by Gasteiger charge is 2.44. The Bertz CT molecular complexity index is 878. The quantitative estimate of drug-likeness (QED) is 0.534. The van der Waals surface area contributed by atoms with Crippen LogP contribution in [-0.4, -0.2) is 56.6 Å². The Morgan fingerprint density at radius 2 is 1.71 bits per heavy atom. The summed E-state index contributed by atoms with van der Waals surface area (Å²) >= 11 is 0. The van der Waals surface area contributed by atoms with Gasteiger partial charge in [0.05, 0.1) is 6.61 Å². The first-order valence-corrected chi connectivity index (χ1v) is 9.62. The van der Waals surface area contributed by atoms with Gasteiger partial charge in [-0.05, 0) is 66.1 Å². The fourth-order valence-electron chi connectivity index (χ4n) is 4.11. The standard InChI is InChI=1S/C22H26O6/c1-11-6-17(24)16(22-21(27)20(26)19(25)18(10-23)28-22)9-15(11)8-12-2-3-13-4-5-14(13)7-12/h2-3,6-7,9,18-27H,4-5,8,10H2,1H3/t18-,19-,20+,21-,22+/m1/s1. The number of benzene rings is 2. The minimum atomic E-state index is -1.48. The molecule has 1 aliphatic heterocycles. The molecule has 150 valence electrons. The van der Waals surface area contributed by atoms with E-state index in [1.54, 1.807) is 12.1 Å². The topological polar surface area (TPSA) is 110 Å². The monoisotopic (exact) mass is 386 g/mol. The number of aliphatic hydroxyl groups is 4. The highest BCUT2D eigenvalue weighted by atomic mass is 16.5. The molecule has 0 spiro atoms. The predicted molar refractivity (Wildman–Crippen MR) is 102 cm³/mol. The molecule has 2 aliphatic rings. The lowest BCUT2D eigenvalue weighted by molar-refractivity contribution is -0.232. The summed E-state index contributed by atoms with van der Waals surface area (Å²) in [5.41, 5.74) is 6.17. The van der Waals surface area contributed by atoms with Crippen LogP contribution in [0.25, 0.3) is 0 Å². The molecule has 0 radical (unpaired) electrons. The molecular formula is C22H26O6. The summed E-state index contributed by atoms with van der Waals surface area (Å²) in [5, 5.41) is 50.3. The van der Waals surface area contributed by atoms with E-state index in [9.17, 15) is 25.5 Å². The minimum absolute atomic E-state index is 0.0530. The first-order valence-electron chi connectivity index (χ1n) is 9.62. The van der Waals surface area contributed by atoms with E-state index < -0.39 is 37.1 Å². The Labute approximate surface area is 163 Å². The lowest BCUT2D eigenvalue weighted by atomic mass is 9.85. The van der Waals surface area contributed by atoms with Gasteiger partial charge >= 0.3 is 0 Å². The normalized spacial score (nSPS) is 29.2. The molecule has 1 aliphatic carbocycles. The van der Waals surface area contributed by atoms with Gasteiger partial charge in [0, 0.05) is 5.56 Å². The summed E-state index contributed by atoms with van der Waals surface area (Å²) in [5.74, 6) is -0.0530. The second kappa shape index (κ2) is 7.46. The highest BCUT2D eigenvalue weighted by Crippen LogP contribution is 2.38. The Morgan fingerprint density at radius 3 is 2.36 bits per heavy atom. The SMILES string of the molecule is Cc1cc(O)c([C@@H]2O[C@H](CO)[C@@H](O)[C@H](O)[C@H]2O)cc1Cc1ccc2c(c1)CC2. The zero-order valence-corrected chi connectivity index (χ0v) is 15.7. The lowest BCUT2D eigenvalue weighted by Crippen LogP contribution is -2.55. The van der Waals surface area contributed by atoms with E-state index in [1.807, 2.05) is 6.92 Å². The summed E-state index contributed by atoms with van der Waals surface area (Å²) in [6, 6.07) is 9.86. The number of ether oxygens (including phenoxy) is 1. The third-order valence-electron chi connectivity index (χ3n) is 6.01. The van der Waals surface area contributed by atoms with Crippen molar-refractivity contribution in [1.82, 2.24) is 0 Å². The van der Waals surface area contributed by atoms with Gasteiger partial charge < -0.3 is 30.3 Å². The van der Waals surface area contributed by atoms with Crippen LogP contribution in [0.2, 0.25) is 0 Å². The number of hydrogen-bond donors (Lipinski definition) is 5. The number of fused-ring (bicyclic) bond motifs is 1. The number of aryl methyl sites for hydroxylation is 3. The molecule has 1 saturated heterocycles. The number of hydrogen-bond acceptors (Lipinski definition) is 6. The minimum Gasteiger partial charge on any atom is -0.508 e. The van der Waals surface area contributed by atoms with E-state index in [0.717, 1.165) is 24.0 Å². The van der Waals surface area contributed by atoms with E-state index in [0.29, 0.717) is 12.0 Å². The van der Waals surface area contributed by atoms with Gasteiger partial charge in [0.1, 0.15) is 36.3 Å². The summed E-state index contributed by atoms with van der Waals surface area (Å²) < 4.78 is 5.62. The van der Waals surface area contributed by atoms with Crippen molar-refractivity contribution < 1.29 is 30.3 Å². The Morgan fingerprint density at radius 1 is 0.964 bits per heavy atom. The first-order chi connectivity index (χ1) is 13.4. The van der Waals surface area contributed by atoms with Crippen molar-refractivity contribution in [2.24, 2.45) is 0 Å². The van der Waals surface area contributed by atoms with Crippen LogP contribution in [0, 0.1) is 6.92 Å². The zero-order chi connectivity index (χ0) is 20.0. The van der Waals surface area contributed by atoms with Crippen LogP contribution in [0.1, 0.15) is 39.5 Å². The number of aliphatic hydroxyl groups excluding tert-OH is 4. The molecule has 0 aromatic heterocycles. The maximum Gasteiger partial charge on any atom is 0.121 e. The van der Waals surface area contributed by atoms with Crippen LogP contribution in [0.3, 0.4) is 0 Å². The third-order valence-corrected chi connectivity index (χ3v) is 6.01. The number of phenols is 1. The van der Waals surface area contributed by atoms with Crippen LogP contribution < -0.4 is 0 Å². The molecule has 1 heterocycles. The van der Waals surface area contributed by atoms with Crippen LogP contribution in [-0.2, 0) is 24.0 Å². The summed E-state index contributed by atoms with van der Waals surface area (Å²) in [6.07, 6.45) is -3.48. The van der Waals surface area contributed by atoms with E-state index in [2.05, 4.69) is 18.2 Å². The largest absolute Gasteiger partial charge is 0.508 e. The van der Waals surface area contributed by atoms with Crippen molar-refractivity contribution in [3.63, 3.8) is 0 Å². The molecule has 2 aromatic carbocycles. The fourth-order valence-corrected chi connectivity index (χ4v) is 4.11. The van der Waals surface area contributed by atoms with Crippen molar-refractivity contribution in [2.75, 3.05) is 6.61 Å². The zero-order valence-electron chi connectivity index (χ0n) is 15.7. The van der Waals surface area contributed by atoms with Gasteiger partial charge in [0.15, 0.2) is 0 Å². The molecule has 5 atom stereocenters. The summed E-state index contributed by atoms with van der Waals surface area (Å²) in [6.45, 7) is 1.41. The average Bonchev–Trinajstić information content (AvgIpc) is 2.65. The van der Waals surface area contributed by atoms with Gasteiger partial charge in [-0.2, -0.15) is 0 Å². The van der Waals surface area contributed by atoms with Crippen LogP contribution in [0.4, 0.5) is 0 Å². The average molecular weight is 386 g/mol. The molecule has 1 fully saturated rings. The second-order valence-corrected chi connectivity index (χ2v) is 7.87. The molecule has 5 N–H and O–H groups in total. The molecule has 6 nitrogen and oxygen atoms in total. The van der Waals surface area contributed by atoms with Crippen molar-refractivity contribution in [3.8, 4) is 5.75 Å². The Balaban J connectivity index is 1.65. The Kier molecular flexibility index (Phi) is 5.16. The fraction of sp³-hybridized carbons (Fsp3) is 0.455. The number of rotatable bonds is 4. The van der Waals surface area contributed by atoms with Crippen molar-refractivity contribution in [1.29, 1.82) is 0 Å². The van der Waals surface area contributed by atoms with Gasteiger partial charge in [-0.1, -0.05) is 18.2 Å². The lowest BCUT2D eigenvalue weighted by Gasteiger charge is -2.40. The third kappa shape index (κ3) is 3.32. The summed E-state index contributed by atoms with van der Waals surface area (Å²) in [7, 11) is 0. The Hall–Kier alpha value is -1.96. The maximum absolute atomic E-state index is 10.5. The van der Waals surface area contributed by atoms with E-state index >= 15 is 0 Å². The van der Waals surface area contributed by atoms with Gasteiger partial charge in [0.2, 0.25) is 0 Å². The van der Waals surface area contributed by atoms with Crippen LogP contribution >= 0.6 is 0 Å².